The molecule has 12 heavy (non-hydrogen) atoms. The molecular weight excluding hydrogens is 263 g/mol. The van der Waals surface area contributed by atoms with E-state index in [4.69, 9.17) is 0 Å². The first kappa shape index (κ1) is 10.7. The van der Waals surface area contributed by atoms with Gasteiger partial charge in [-0.15, -0.1) is 0 Å². The highest BCUT2D eigenvalue weighted by Crippen LogP contribution is 2.31. The van der Waals surface area contributed by atoms with Gasteiger partial charge in [-0.05, 0) is 30.7 Å². The van der Waals surface area contributed by atoms with Gasteiger partial charge in [-0.1, -0.05) is 20.8 Å². The minimum atomic E-state index is 0.462. The Labute approximate surface area is 89.4 Å². The molecule has 3 heteroatoms. The second-order valence-corrected chi connectivity index (χ2v) is 5.33. The van der Waals surface area contributed by atoms with Gasteiger partial charge in [0.2, 0.25) is 0 Å². The van der Waals surface area contributed by atoms with Gasteiger partial charge >= 0.3 is 0 Å². The van der Waals surface area contributed by atoms with E-state index in [1.54, 1.807) is 0 Å². The van der Waals surface area contributed by atoms with Gasteiger partial charge in [0.25, 0.3) is 0 Å². The van der Waals surface area contributed by atoms with Crippen molar-refractivity contribution < 1.29 is 0 Å². The molecule has 0 bridgehead atoms. The standard InChI is InChI=1S/C9H19IN2/c1-9(2,3)7-4-5-8(12-10)11-6-7/h7-8,11-12H,4-6H2,1-3H3. The third kappa shape index (κ3) is 2.85. The zero-order chi connectivity index (χ0) is 9.19. The molecule has 72 valence electrons. The fourth-order valence-corrected chi connectivity index (χ4v) is 2.22. The highest BCUT2D eigenvalue weighted by molar-refractivity contribution is 14.1. The Morgan fingerprint density at radius 2 is 2.00 bits per heavy atom. The molecular formula is C9H19IN2. The van der Waals surface area contributed by atoms with Crippen LogP contribution in [0.4, 0.5) is 0 Å². The summed E-state index contributed by atoms with van der Waals surface area (Å²) in [6, 6.07) is 0. The van der Waals surface area contributed by atoms with E-state index < -0.39 is 0 Å². The molecule has 2 N–H and O–H groups in total. The van der Waals surface area contributed by atoms with Gasteiger partial charge in [0, 0.05) is 22.9 Å². The maximum absolute atomic E-state index is 3.51. The van der Waals surface area contributed by atoms with Gasteiger partial charge in [-0.2, -0.15) is 0 Å². The second-order valence-electron chi connectivity index (χ2n) is 4.71. The molecule has 0 saturated carbocycles. The highest BCUT2D eigenvalue weighted by atomic mass is 127. The first-order valence-corrected chi connectivity index (χ1v) is 5.71. The first-order valence-electron chi connectivity index (χ1n) is 4.63. The van der Waals surface area contributed by atoms with Crippen LogP contribution in [0.3, 0.4) is 0 Å². The van der Waals surface area contributed by atoms with Crippen LogP contribution >= 0.6 is 22.9 Å². The topological polar surface area (TPSA) is 24.1 Å². The number of hydrogen-bond donors (Lipinski definition) is 2. The Morgan fingerprint density at radius 1 is 1.33 bits per heavy atom. The molecule has 2 nitrogen and oxygen atoms in total. The summed E-state index contributed by atoms with van der Waals surface area (Å²) in [5.41, 5.74) is 0.462. The Balaban J connectivity index is 2.36. The maximum Gasteiger partial charge on any atom is 0.0660 e. The van der Waals surface area contributed by atoms with Gasteiger partial charge < -0.3 is 5.32 Å². The third-order valence-electron chi connectivity index (χ3n) is 2.77. The number of hydrogen-bond acceptors (Lipinski definition) is 2. The second kappa shape index (κ2) is 4.24. The van der Waals surface area contributed by atoms with E-state index >= 15 is 0 Å². The van der Waals surface area contributed by atoms with Crippen LogP contribution in [0, 0.1) is 11.3 Å². The molecule has 0 aromatic carbocycles. The molecule has 1 saturated heterocycles. The van der Waals surface area contributed by atoms with Gasteiger partial charge in [0.1, 0.15) is 0 Å². The highest BCUT2D eigenvalue weighted by Gasteiger charge is 2.28. The predicted molar refractivity (Wildman–Crippen MR) is 61.1 cm³/mol. The average molecular weight is 282 g/mol. The van der Waals surface area contributed by atoms with Crippen molar-refractivity contribution in [2.45, 2.75) is 39.8 Å². The van der Waals surface area contributed by atoms with Crippen LogP contribution in [0.25, 0.3) is 0 Å². The predicted octanol–water partition coefficient (Wildman–Crippen LogP) is 2.30. The van der Waals surface area contributed by atoms with Crippen molar-refractivity contribution in [1.29, 1.82) is 0 Å². The minimum Gasteiger partial charge on any atom is -0.301 e. The molecule has 0 aromatic heterocycles. The smallest absolute Gasteiger partial charge is 0.0660 e. The van der Waals surface area contributed by atoms with Crippen LogP contribution < -0.4 is 8.85 Å². The molecule has 0 spiro atoms. The van der Waals surface area contributed by atoms with Crippen LogP contribution in [0.15, 0.2) is 0 Å². The van der Waals surface area contributed by atoms with E-state index in [0.717, 1.165) is 12.5 Å². The summed E-state index contributed by atoms with van der Waals surface area (Å²) < 4.78 is 3.23. The van der Waals surface area contributed by atoms with Crippen LogP contribution in [-0.4, -0.2) is 12.7 Å². The maximum atomic E-state index is 3.51. The lowest BCUT2D eigenvalue weighted by Gasteiger charge is -2.37. The molecule has 2 atom stereocenters. The van der Waals surface area contributed by atoms with Crippen molar-refractivity contribution in [3.63, 3.8) is 0 Å². The summed E-state index contributed by atoms with van der Waals surface area (Å²) in [5.74, 6) is 0.832. The zero-order valence-electron chi connectivity index (χ0n) is 8.15. The molecule has 0 aliphatic carbocycles. The zero-order valence-corrected chi connectivity index (χ0v) is 10.3. The first-order chi connectivity index (χ1) is 5.54. The lowest BCUT2D eigenvalue weighted by Crippen LogP contribution is -2.47. The lowest BCUT2D eigenvalue weighted by atomic mass is 9.76. The quantitative estimate of drug-likeness (QED) is 0.569. The minimum absolute atomic E-state index is 0.462. The van der Waals surface area contributed by atoms with Crippen molar-refractivity contribution in [2.75, 3.05) is 6.54 Å². The van der Waals surface area contributed by atoms with Crippen molar-refractivity contribution in [2.24, 2.45) is 11.3 Å². The Morgan fingerprint density at radius 3 is 2.33 bits per heavy atom. The van der Waals surface area contributed by atoms with Crippen molar-refractivity contribution in [3.05, 3.63) is 0 Å². The van der Waals surface area contributed by atoms with Crippen LogP contribution in [-0.2, 0) is 0 Å². The van der Waals surface area contributed by atoms with Crippen LogP contribution in [0.1, 0.15) is 33.6 Å². The summed E-state index contributed by atoms with van der Waals surface area (Å²) in [7, 11) is 0. The van der Waals surface area contributed by atoms with Crippen molar-refractivity contribution >= 4 is 22.9 Å². The summed E-state index contributed by atoms with van der Waals surface area (Å²) in [4.78, 5) is 0. The molecule has 0 aromatic rings. The molecule has 1 fully saturated rings. The molecule has 2 unspecified atom stereocenters. The van der Waals surface area contributed by atoms with Crippen LogP contribution in [0.2, 0.25) is 0 Å². The SMILES string of the molecule is CC(C)(C)C1CCC(NI)NC1. The normalized spacial score (nSPS) is 32.0. The Bertz CT molecular complexity index is 134. The van der Waals surface area contributed by atoms with E-state index in [2.05, 4.69) is 52.5 Å². The summed E-state index contributed by atoms with van der Waals surface area (Å²) in [5, 5.41) is 3.51. The van der Waals surface area contributed by atoms with Crippen molar-refractivity contribution in [3.8, 4) is 0 Å². The van der Waals surface area contributed by atoms with Crippen molar-refractivity contribution in [1.82, 2.24) is 8.85 Å². The Hall–Kier alpha value is 0.650. The lowest BCUT2D eigenvalue weighted by molar-refractivity contribution is 0.170. The van der Waals surface area contributed by atoms with E-state index in [0.29, 0.717) is 11.6 Å². The number of nitrogens with one attached hydrogen (secondary N) is 2. The number of rotatable bonds is 1. The van der Waals surface area contributed by atoms with Gasteiger partial charge in [-0.25, -0.2) is 3.53 Å². The average Bonchev–Trinajstić information content (AvgIpc) is 2.03. The summed E-state index contributed by atoms with van der Waals surface area (Å²) in [6.45, 7) is 8.15. The van der Waals surface area contributed by atoms with E-state index in [-0.39, 0.29) is 0 Å². The molecule has 1 heterocycles. The summed E-state index contributed by atoms with van der Waals surface area (Å²) >= 11 is 2.22. The monoisotopic (exact) mass is 282 g/mol. The molecule has 0 amide bonds. The fraction of sp³-hybridized carbons (Fsp3) is 1.00. The van der Waals surface area contributed by atoms with Gasteiger partial charge in [-0.3, -0.25) is 0 Å². The Kier molecular flexibility index (Phi) is 3.79. The number of halogens is 1. The van der Waals surface area contributed by atoms with Gasteiger partial charge in [0.05, 0.1) is 6.17 Å². The van der Waals surface area contributed by atoms with E-state index in [1.165, 1.54) is 12.8 Å². The largest absolute Gasteiger partial charge is 0.301 e. The molecule has 1 aliphatic rings. The van der Waals surface area contributed by atoms with Gasteiger partial charge in [0.15, 0.2) is 0 Å². The third-order valence-corrected chi connectivity index (χ3v) is 3.52. The van der Waals surface area contributed by atoms with Crippen LogP contribution in [0.5, 0.6) is 0 Å². The molecule has 1 aliphatic heterocycles. The molecule has 0 radical (unpaired) electrons. The summed E-state index contributed by atoms with van der Waals surface area (Å²) in [6.07, 6.45) is 3.13. The van der Waals surface area contributed by atoms with E-state index in [1.807, 2.05) is 0 Å². The van der Waals surface area contributed by atoms with E-state index in [9.17, 15) is 0 Å². The number of piperidine rings is 1. The molecule has 1 rings (SSSR count). The fourth-order valence-electron chi connectivity index (χ4n) is 1.69.